The van der Waals surface area contributed by atoms with Gasteiger partial charge in [-0.1, -0.05) is 33.3 Å². The molecule has 9 nitrogen and oxygen atoms in total. The average molecular weight is 536 g/mol. The van der Waals surface area contributed by atoms with E-state index in [0.29, 0.717) is 12.8 Å². The van der Waals surface area contributed by atoms with E-state index in [1.807, 2.05) is 18.7 Å². The van der Waals surface area contributed by atoms with E-state index in [1.165, 1.54) is 19.9 Å². The van der Waals surface area contributed by atoms with Gasteiger partial charge in [0, 0.05) is 24.7 Å². The van der Waals surface area contributed by atoms with Crippen molar-refractivity contribution in [1.29, 1.82) is 0 Å². The van der Waals surface area contributed by atoms with Crippen molar-refractivity contribution in [3.63, 3.8) is 0 Å². The first kappa shape index (κ1) is 29.2. The Labute approximate surface area is 225 Å². The number of hydrogen-bond acceptors (Lipinski definition) is 9. The van der Waals surface area contributed by atoms with Crippen molar-refractivity contribution in [1.82, 2.24) is 4.90 Å². The van der Waals surface area contributed by atoms with E-state index in [-0.39, 0.29) is 13.0 Å². The van der Waals surface area contributed by atoms with Gasteiger partial charge in [-0.15, -0.1) is 6.58 Å². The zero-order valence-corrected chi connectivity index (χ0v) is 23.7. The Hall–Kier alpha value is -1.81. The molecule has 2 heterocycles. The van der Waals surface area contributed by atoms with Crippen LogP contribution >= 0.6 is 0 Å². The third-order valence-electron chi connectivity index (χ3n) is 10.1. The molecule has 214 valence electrons. The molecule has 2 saturated heterocycles. The molecule has 0 aromatic rings. The number of ketones is 1. The molecule has 0 aromatic heterocycles. The number of rotatable bonds is 5. The van der Waals surface area contributed by atoms with Crippen LogP contribution in [0.1, 0.15) is 80.1 Å². The first-order chi connectivity index (χ1) is 17.6. The highest BCUT2D eigenvalue weighted by Crippen LogP contribution is 2.67. The number of esters is 2. The number of piperidine rings is 1. The van der Waals surface area contributed by atoms with Crippen LogP contribution in [0.2, 0.25) is 0 Å². The number of ether oxygens (including phenoxy) is 3. The fraction of sp³-hybridized carbons (Fsp3) is 0.828. The molecule has 4 aliphatic rings. The Morgan fingerprint density at radius 3 is 2.34 bits per heavy atom. The van der Waals surface area contributed by atoms with Gasteiger partial charge in [-0.3, -0.25) is 19.3 Å². The van der Waals surface area contributed by atoms with Gasteiger partial charge in [-0.05, 0) is 58.0 Å². The van der Waals surface area contributed by atoms with Crippen molar-refractivity contribution in [3.8, 4) is 0 Å². The highest BCUT2D eigenvalue weighted by Gasteiger charge is 2.82. The van der Waals surface area contributed by atoms with Gasteiger partial charge in [0.1, 0.15) is 11.7 Å². The fourth-order valence-electron chi connectivity index (χ4n) is 8.23. The number of aliphatic hydroxyl groups is 2. The van der Waals surface area contributed by atoms with E-state index < -0.39 is 69.6 Å². The molecule has 0 spiro atoms. The van der Waals surface area contributed by atoms with Gasteiger partial charge in [0.2, 0.25) is 0 Å². The number of carbonyl (C=O) groups is 3. The van der Waals surface area contributed by atoms with E-state index in [0.717, 1.165) is 32.4 Å². The first-order valence-corrected chi connectivity index (χ1v) is 13.9. The molecule has 2 saturated carbocycles. The summed E-state index contributed by atoms with van der Waals surface area (Å²) in [7, 11) is 0. The highest BCUT2D eigenvalue weighted by molar-refractivity contribution is 5.92. The predicted octanol–water partition coefficient (Wildman–Crippen LogP) is 2.56. The molecule has 0 unspecified atom stereocenters. The maximum Gasteiger partial charge on any atom is 0.320 e. The van der Waals surface area contributed by atoms with Crippen molar-refractivity contribution in [2.45, 2.75) is 115 Å². The summed E-state index contributed by atoms with van der Waals surface area (Å²) in [5, 5.41) is 24.1. The third-order valence-corrected chi connectivity index (χ3v) is 10.1. The van der Waals surface area contributed by atoms with Crippen LogP contribution in [0.5, 0.6) is 0 Å². The lowest BCUT2D eigenvalue weighted by Crippen LogP contribution is -2.87. The SMILES string of the molecule is C=C[C@@]1(C)CC(=O)[C@]2(O)[C@@]3(C)[C@@H](O)CCC(C)(C)[C@@H]3[C@H](OC(=O)CN3CCCCC3)[C@H](OC(C)=O)[C@@]2(C)O1. The van der Waals surface area contributed by atoms with Gasteiger partial charge >= 0.3 is 11.9 Å². The van der Waals surface area contributed by atoms with Crippen molar-refractivity contribution >= 4 is 17.7 Å². The Balaban J connectivity index is 1.88. The van der Waals surface area contributed by atoms with Crippen molar-refractivity contribution in [2.24, 2.45) is 16.7 Å². The summed E-state index contributed by atoms with van der Waals surface area (Å²) in [6, 6.07) is 0. The summed E-state index contributed by atoms with van der Waals surface area (Å²) in [4.78, 5) is 42.0. The van der Waals surface area contributed by atoms with Crippen LogP contribution in [-0.4, -0.2) is 87.6 Å². The molecule has 0 radical (unpaired) electrons. The number of nitrogens with zero attached hydrogens (tertiary/aromatic N) is 1. The van der Waals surface area contributed by atoms with Gasteiger partial charge in [0.15, 0.2) is 17.5 Å². The second-order valence-electron chi connectivity index (χ2n) is 13.2. The standard InChI is InChI=1S/C29H45NO8/c1-8-26(5)16-20(33)29(35)27(6)19(32)12-13-25(3,4)23(27)22(24(36-18(2)31)28(29,7)38-26)37-21(34)17-30-14-10-9-11-15-30/h8,19,22-24,32,35H,1,9-17H2,2-7H3/t19-,22-,23-,24-,26-,27-,28+,29-/m0/s1. The van der Waals surface area contributed by atoms with E-state index in [1.54, 1.807) is 13.8 Å². The number of carbonyl (C=O) groups excluding carboxylic acids is 3. The Kier molecular flexibility index (Phi) is 7.43. The summed E-state index contributed by atoms with van der Waals surface area (Å²) in [6.45, 7) is 15.6. The maximum atomic E-state index is 14.0. The summed E-state index contributed by atoms with van der Waals surface area (Å²) in [5.74, 6) is -2.37. The molecule has 38 heavy (non-hydrogen) atoms. The lowest BCUT2D eigenvalue weighted by molar-refractivity contribution is -0.371. The molecule has 8 atom stereocenters. The number of likely N-dealkylation sites (tertiary alicyclic amines) is 1. The second-order valence-corrected chi connectivity index (χ2v) is 13.2. The van der Waals surface area contributed by atoms with Gasteiger partial charge in [-0.2, -0.15) is 0 Å². The molecule has 2 aliphatic heterocycles. The minimum absolute atomic E-state index is 0.0842. The number of Topliss-reactive ketones (excluding diaryl/α,β-unsaturated/α-hetero) is 1. The van der Waals surface area contributed by atoms with E-state index in [2.05, 4.69) is 6.58 Å². The lowest BCUT2D eigenvalue weighted by atomic mass is 9.39. The Morgan fingerprint density at radius 1 is 1.13 bits per heavy atom. The molecule has 9 heteroatoms. The summed E-state index contributed by atoms with van der Waals surface area (Å²) < 4.78 is 18.6. The molecule has 4 rings (SSSR count). The van der Waals surface area contributed by atoms with Gasteiger partial charge < -0.3 is 24.4 Å². The van der Waals surface area contributed by atoms with Crippen LogP contribution in [-0.2, 0) is 28.6 Å². The largest absolute Gasteiger partial charge is 0.457 e. The zero-order valence-electron chi connectivity index (χ0n) is 23.7. The first-order valence-electron chi connectivity index (χ1n) is 13.9. The number of aliphatic hydroxyl groups excluding tert-OH is 1. The van der Waals surface area contributed by atoms with Crippen molar-refractivity contribution in [2.75, 3.05) is 19.6 Å². The minimum atomic E-state index is -2.24. The summed E-state index contributed by atoms with van der Waals surface area (Å²) in [6.07, 6.45) is 1.91. The minimum Gasteiger partial charge on any atom is -0.457 e. The van der Waals surface area contributed by atoms with Crippen LogP contribution < -0.4 is 0 Å². The van der Waals surface area contributed by atoms with Crippen LogP contribution in [0.25, 0.3) is 0 Å². The zero-order chi connectivity index (χ0) is 28.3. The fourth-order valence-corrected chi connectivity index (χ4v) is 8.23. The number of hydrogen-bond donors (Lipinski definition) is 2. The molecule has 0 aromatic carbocycles. The molecular formula is C29H45NO8. The van der Waals surface area contributed by atoms with Crippen LogP contribution in [0, 0.1) is 16.7 Å². The van der Waals surface area contributed by atoms with Crippen LogP contribution in [0.4, 0.5) is 0 Å². The van der Waals surface area contributed by atoms with Gasteiger partial charge in [0.25, 0.3) is 0 Å². The third kappa shape index (κ3) is 4.25. The smallest absolute Gasteiger partial charge is 0.320 e. The monoisotopic (exact) mass is 535 g/mol. The molecule has 0 amide bonds. The Morgan fingerprint density at radius 2 is 1.76 bits per heavy atom. The van der Waals surface area contributed by atoms with E-state index in [4.69, 9.17) is 14.2 Å². The molecule has 2 aliphatic carbocycles. The molecule has 2 N–H and O–H groups in total. The van der Waals surface area contributed by atoms with Crippen molar-refractivity contribution < 1.29 is 38.8 Å². The summed E-state index contributed by atoms with van der Waals surface area (Å²) >= 11 is 0. The quantitative estimate of drug-likeness (QED) is 0.404. The average Bonchev–Trinajstić information content (AvgIpc) is 2.82. The lowest BCUT2D eigenvalue weighted by Gasteiger charge is -2.71. The molecule has 4 fully saturated rings. The Bertz CT molecular complexity index is 991. The normalized spacial score (nSPS) is 44.9. The maximum absolute atomic E-state index is 14.0. The van der Waals surface area contributed by atoms with E-state index >= 15 is 0 Å². The highest BCUT2D eigenvalue weighted by atomic mass is 16.6. The van der Waals surface area contributed by atoms with Crippen LogP contribution in [0.3, 0.4) is 0 Å². The number of fused-ring (bicyclic) bond motifs is 3. The van der Waals surface area contributed by atoms with E-state index in [9.17, 15) is 24.6 Å². The molecular weight excluding hydrogens is 490 g/mol. The van der Waals surface area contributed by atoms with Crippen LogP contribution in [0.15, 0.2) is 12.7 Å². The summed E-state index contributed by atoms with van der Waals surface area (Å²) in [5.41, 5.74) is -7.29. The van der Waals surface area contributed by atoms with Gasteiger partial charge in [-0.25, -0.2) is 0 Å². The van der Waals surface area contributed by atoms with Gasteiger partial charge in [0.05, 0.1) is 18.2 Å². The topological polar surface area (TPSA) is 123 Å². The van der Waals surface area contributed by atoms with Crippen molar-refractivity contribution in [3.05, 3.63) is 12.7 Å². The predicted molar refractivity (Wildman–Crippen MR) is 139 cm³/mol. The second kappa shape index (κ2) is 9.68. The molecule has 0 bridgehead atoms.